The Balaban J connectivity index is 0.00000784. The fourth-order valence-corrected chi connectivity index (χ4v) is 15.7. The summed E-state index contributed by atoms with van der Waals surface area (Å²) < 4.78 is 71.4. The predicted octanol–water partition coefficient (Wildman–Crippen LogP) is 5.98. The van der Waals surface area contributed by atoms with E-state index in [2.05, 4.69) is 0 Å². The van der Waals surface area contributed by atoms with Crippen molar-refractivity contribution < 1.29 is 56.8 Å². The fourth-order valence-electron chi connectivity index (χ4n) is 7.46. The van der Waals surface area contributed by atoms with Gasteiger partial charge in [0.25, 0.3) is 0 Å². The summed E-state index contributed by atoms with van der Waals surface area (Å²) in [4.78, 5) is 50.1. The zero-order valence-electron chi connectivity index (χ0n) is 43.1. The summed E-state index contributed by atoms with van der Waals surface area (Å²) in [6.45, 7) is 11.7. The Morgan fingerprint density at radius 3 is 0.584 bits per heavy atom. The van der Waals surface area contributed by atoms with Gasteiger partial charge in [-0.1, -0.05) is 0 Å². The van der Waals surface area contributed by atoms with E-state index in [0.717, 1.165) is 39.2 Å². The first kappa shape index (κ1) is 62.5. The van der Waals surface area contributed by atoms with E-state index in [-0.39, 0.29) is 23.1 Å². The molecule has 418 valence electrons. The van der Waals surface area contributed by atoms with Crippen LogP contribution in [-0.4, -0.2) is 258 Å². The second-order valence-corrected chi connectivity index (χ2v) is 25.1. The summed E-state index contributed by atoms with van der Waals surface area (Å²) in [6.07, 6.45) is 0. The summed E-state index contributed by atoms with van der Waals surface area (Å²) in [6, 6.07) is 0. The van der Waals surface area contributed by atoms with Crippen molar-refractivity contribution in [2.24, 2.45) is 0 Å². The average molecular weight is 1230 g/mol. The number of rotatable bonds is 0. The van der Waals surface area contributed by atoms with Crippen molar-refractivity contribution in [1.29, 1.82) is 0 Å². The third-order valence-electron chi connectivity index (χ3n) is 10.9. The van der Waals surface area contributed by atoms with Gasteiger partial charge in [0.15, 0.2) is 0 Å². The number of hydrogen-bond donors (Lipinski definition) is 0. The van der Waals surface area contributed by atoms with E-state index in [9.17, 15) is 0 Å². The first-order valence-electron chi connectivity index (χ1n) is 25.4. The molecule has 0 saturated heterocycles. The normalized spacial score (nSPS) is 21.7. The molecular formula is C48H64MgN8O12S8. The average Bonchev–Trinajstić information content (AvgIpc) is 4.14. The molecule has 29 heteroatoms. The number of fused-ring (bicyclic) bond motifs is 18. The maximum Gasteiger partial charge on any atom is 2.00 e. The van der Waals surface area contributed by atoms with Gasteiger partial charge >= 0.3 is 23.1 Å². The Labute approximate surface area is 499 Å². The van der Waals surface area contributed by atoms with Gasteiger partial charge in [-0.2, -0.15) is 0 Å². The van der Waals surface area contributed by atoms with E-state index in [4.69, 9.17) is 96.7 Å². The van der Waals surface area contributed by atoms with E-state index in [1.807, 2.05) is 0 Å². The Kier molecular flexibility index (Phi) is 29.4. The van der Waals surface area contributed by atoms with Crippen LogP contribution < -0.4 is 9.97 Å². The molecule has 8 bridgehead atoms. The minimum atomic E-state index is 0. The minimum absolute atomic E-state index is 0. The van der Waals surface area contributed by atoms with Gasteiger partial charge in [-0.3, -0.25) is 0 Å². The molecule has 6 aliphatic rings. The molecule has 9 rings (SSSR count). The smallest absolute Gasteiger partial charge is 0.378 e. The van der Waals surface area contributed by atoms with E-state index >= 15 is 0 Å². The SMILES string of the molecule is C1COCCSC2=C(SCCOCCO1)c1nc2nc2[n-]c(nc3nc(nc4[n-]c(n1)c1c4SCCOCCOCCOCCS1)C1=C3SCCOCCOCCOCCS1)c1c2SCCOCCOCCOCCS1.[Mg+2]. The second kappa shape index (κ2) is 36.2. The number of thioether (sulfide) groups is 8. The Morgan fingerprint density at radius 1 is 0.221 bits per heavy atom. The molecule has 0 spiro atoms. The van der Waals surface area contributed by atoms with Gasteiger partial charge in [-0.05, 0) is 0 Å². The van der Waals surface area contributed by atoms with Crippen molar-refractivity contribution in [2.45, 2.75) is 19.6 Å². The van der Waals surface area contributed by atoms with E-state index in [1.54, 1.807) is 94.1 Å². The number of hydrogen-bond acceptors (Lipinski definition) is 26. The first-order valence-corrected chi connectivity index (χ1v) is 33.3. The molecule has 0 saturated carbocycles. The monoisotopic (exact) mass is 1220 g/mol. The molecule has 20 nitrogen and oxygen atoms in total. The fraction of sp³-hybridized carbons (Fsp3) is 0.667. The van der Waals surface area contributed by atoms with Crippen LogP contribution in [0.3, 0.4) is 0 Å². The Hall–Kier alpha value is -0.594. The van der Waals surface area contributed by atoms with Crippen LogP contribution in [0, 0.1) is 0 Å². The zero-order chi connectivity index (χ0) is 51.7. The van der Waals surface area contributed by atoms with Crippen molar-refractivity contribution in [3.63, 3.8) is 0 Å². The summed E-state index contributed by atoms with van der Waals surface area (Å²) in [5.74, 6) is 7.09. The van der Waals surface area contributed by atoms with Crippen molar-refractivity contribution >= 4 is 159 Å². The van der Waals surface area contributed by atoms with Gasteiger partial charge in [-0.15, -0.1) is 94.1 Å². The van der Waals surface area contributed by atoms with Crippen molar-refractivity contribution in [3.05, 3.63) is 23.3 Å². The van der Waals surface area contributed by atoms with Gasteiger partial charge in [0.1, 0.15) is 0 Å². The Morgan fingerprint density at radius 2 is 0.390 bits per heavy atom. The van der Waals surface area contributed by atoms with Crippen LogP contribution in [0.4, 0.5) is 0 Å². The predicted molar refractivity (Wildman–Crippen MR) is 312 cm³/mol. The molecule has 3 aromatic rings. The summed E-state index contributed by atoms with van der Waals surface area (Å²) >= 11 is 13.1. The van der Waals surface area contributed by atoms with Crippen LogP contribution in [-0.2, 0) is 56.8 Å². The molecule has 0 aliphatic carbocycles. The third-order valence-corrected chi connectivity index (χ3v) is 19.8. The minimum Gasteiger partial charge on any atom is -0.378 e. The maximum absolute atomic E-state index is 6.04. The van der Waals surface area contributed by atoms with Crippen LogP contribution in [0.15, 0.2) is 19.6 Å². The van der Waals surface area contributed by atoms with Crippen molar-refractivity contribution in [3.8, 4) is 0 Å². The molecule has 3 aromatic heterocycles. The van der Waals surface area contributed by atoms with Crippen LogP contribution in [0.5, 0.6) is 0 Å². The van der Waals surface area contributed by atoms with Crippen molar-refractivity contribution in [2.75, 3.05) is 205 Å². The first-order chi connectivity index (χ1) is 37.8. The quantitative estimate of drug-likeness (QED) is 0.237. The molecule has 0 N–H and O–H groups in total. The van der Waals surface area contributed by atoms with Crippen LogP contribution in [0.25, 0.3) is 42.2 Å². The van der Waals surface area contributed by atoms with Crippen LogP contribution >= 0.6 is 94.1 Å². The van der Waals surface area contributed by atoms with Crippen molar-refractivity contribution in [1.82, 2.24) is 39.9 Å². The van der Waals surface area contributed by atoms with Gasteiger partial charge in [-0.25, -0.2) is 9.97 Å². The van der Waals surface area contributed by atoms with Gasteiger partial charge < -0.3 is 86.7 Å². The zero-order valence-corrected chi connectivity index (χ0v) is 51.0. The van der Waals surface area contributed by atoms with Gasteiger partial charge in [0.05, 0.1) is 201 Å². The number of aromatic nitrogens is 8. The van der Waals surface area contributed by atoms with Gasteiger partial charge in [0.2, 0.25) is 0 Å². The van der Waals surface area contributed by atoms with E-state index < -0.39 is 0 Å². The number of nitrogens with zero attached hydrogens (tertiary/aromatic N) is 8. The standard InChI is InChI=1S/C48H64N8O12S8.Mg/c1-9-61-17-25-69-33-34(70-26-18-62-10-2-57-1)42-49-41(33)53-43-35-36(72-28-20-64-12-4-58-3-11-63-19-27-71-35)45(50-43)55-47-39-40(76-32-24-68-16-8-60-7-15-67-23-31-75-39)48(52-47)56-46-38-37(44(51-46)54-42)73-29-21-65-13-5-59-6-14-66-22-30-74-38;/h1-32H2;/q-2;+2. The molecule has 0 radical (unpaired) electrons. The number of ether oxygens (including phenoxy) is 12. The molecule has 0 fully saturated rings. The molecular weight excluding hydrogens is 1160 g/mol. The molecule has 77 heavy (non-hydrogen) atoms. The topological polar surface area (TPSA) is 216 Å². The largest absolute Gasteiger partial charge is 2.00 e. The molecule has 0 atom stereocenters. The molecule has 9 heterocycles. The summed E-state index contributed by atoms with van der Waals surface area (Å²) in [5.41, 5.74) is 1.98. The Bertz CT molecular complexity index is 2210. The molecule has 0 aromatic carbocycles. The van der Waals surface area contributed by atoms with E-state index in [0.29, 0.717) is 250 Å². The third kappa shape index (κ3) is 19.8. The van der Waals surface area contributed by atoms with E-state index in [1.165, 1.54) is 0 Å². The molecule has 0 unspecified atom stereocenters. The van der Waals surface area contributed by atoms with Gasteiger partial charge in [0, 0.05) is 88.2 Å². The molecule has 6 aliphatic heterocycles. The maximum atomic E-state index is 6.04. The van der Waals surface area contributed by atoms with Crippen LogP contribution in [0.2, 0.25) is 0 Å². The van der Waals surface area contributed by atoms with Crippen LogP contribution in [0.1, 0.15) is 23.3 Å². The molecule has 0 amide bonds. The second-order valence-electron chi connectivity index (χ2n) is 16.3. The summed E-state index contributed by atoms with van der Waals surface area (Å²) in [5, 5.41) is 0. The summed E-state index contributed by atoms with van der Waals surface area (Å²) in [7, 11) is 0.